The summed E-state index contributed by atoms with van der Waals surface area (Å²) in [6, 6.07) is 8.55. The van der Waals surface area contributed by atoms with Crippen molar-refractivity contribution < 1.29 is 4.74 Å². The standard InChI is InChI=1S/C16H22N2OS/c1-4-8-17-12(2)15-11-18-16(20-15)10-13-6-5-7-14(9-13)19-3/h5-7,9,11-12,17H,4,8,10H2,1-3H3. The molecule has 0 bridgehead atoms. The predicted molar refractivity (Wildman–Crippen MR) is 84.6 cm³/mol. The van der Waals surface area contributed by atoms with Crippen molar-refractivity contribution in [2.24, 2.45) is 0 Å². The Bertz CT molecular complexity index is 539. The van der Waals surface area contributed by atoms with Gasteiger partial charge in [0.15, 0.2) is 0 Å². The summed E-state index contributed by atoms with van der Waals surface area (Å²) in [7, 11) is 1.70. The summed E-state index contributed by atoms with van der Waals surface area (Å²) in [5, 5.41) is 4.65. The van der Waals surface area contributed by atoms with E-state index in [2.05, 4.69) is 36.3 Å². The van der Waals surface area contributed by atoms with Gasteiger partial charge in [-0.15, -0.1) is 11.3 Å². The highest BCUT2D eigenvalue weighted by atomic mass is 32.1. The number of rotatable bonds is 7. The Labute approximate surface area is 125 Å². The Morgan fingerprint density at radius 3 is 3.00 bits per heavy atom. The minimum absolute atomic E-state index is 0.381. The molecule has 108 valence electrons. The van der Waals surface area contributed by atoms with E-state index in [4.69, 9.17) is 4.74 Å². The van der Waals surface area contributed by atoms with Crippen LogP contribution in [0.4, 0.5) is 0 Å². The smallest absolute Gasteiger partial charge is 0.119 e. The summed E-state index contributed by atoms with van der Waals surface area (Å²) in [4.78, 5) is 5.84. The first kappa shape index (κ1) is 15.0. The van der Waals surface area contributed by atoms with E-state index in [1.54, 1.807) is 18.4 Å². The average Bonchev–Trinajstić information content (AvgIpc) is 2.93. The van der Waals surface area contributed by atoms with Crippen molar-refractivity contribution in [1.29, 1.82) is 0 Å². The predicted octanol–water partition coefficient (Wildman–Crippen LogP) is 3.80. The number of aromatic nitrogens is 1. The van der Waals surface area contributed by atoms with Gasteiger partial charge in [-0.05, 0) is 37.6 Å². The van der Waals surface area contributed by atoms with Crippen molar-refractivity contribution >= 4 is 11.3 Å². The fraction of sp³-hybridized carbons (Fsp3) is 0.438. The third-order valence-corrected chi connectivity index (χ3v) is 4.37. The number of hydrogen-bond acceptors (Lipinski definition) is 4. The molecule has 1 atom stereocenters. The summed E-state index contributed by atoms with van der Waals surface area (Å²) in [5.41, 5.74) is 1.24. The molecule has 1 aromatic carbocycles. The summed E-state index contributed by atoms with van der Waals surface area (Å²) in [5.74, 6) is 0.900. The summed E-state index contributed by atoms with van der Waals surface area (Å²) in [6.07, 6.45) is 4.01. The lowest BCUT2D eigenvalue weighted by Crippen LogP contribution is -2.18. The van der Waals surface area contributed by atoms with Gasteiger partial charge in [-0.1, -0.05) is 19.1 Å². The van der Waals surface area contributed by atoms with E-state index in [1.165, 1.54) is 10.4 Å². The van der Waals surface area contributed by atoms with Crippen molar-refractivity contribution in [2.45, 2.75) is 32.7 Å². The van der Waals surface area contributed by atoms with Crippen molar-refractivity contribution in [3.8, 4) is 5.75 Å². The first-order chi connectivity index (χ1) is 9.72. The van der Waals surface area contributed by atoms with Crippen LogP contribution in [-0.4, -0.2) is 18.6 Å². The molecule has 0 spiro atoms. The van der Waals surface area contributed by atoms with Gasteiger partial charge in [0.2, 0.25) is 0 Å². The van der Waals surface area contributed by atoms with Crippen molar-refractivity contribution in [2.75, 3.05) is 13.7 Å². The third kappa shape index (κ3) is 4.05. The van der Waals surface area contributed by atoms with Gasteiger partial charge in [-0.25, -0.2) is 4.98 Å². The molecular weight excluding hydrogens is 268 g/mol. The molecule has 0 fully saturated rings. The number of nitrogens with zero attached hydrogens (tertiary/aromatic N) is 1. The van der Waals surface area contributed by atoms with Gasteiger partial charge in [0.05, 0.1) is 12.1 Å². The number of nitrogens with one attached hydrogen (secondary N) is 1. The lowest BCUT2D eigenvalue weighted by molar-refractivity contribution is 0.414. The van der Waals surface area contributed by atoms with E-state index < -0.39 is 0 Å². The second-order valence-electron chi connectivity index (χ2n) is 4.86. The molecule has 1 heterocycles. The zero-order valence-corrected chi connectivity index (χ0v) is 13.2. The Morgan fingerprint density at radius 2 is 2.25 bits per heavy atom. The summed E-state index contributed by atoms with van der Waals surface area (Å²) in [6.45, 7) is 5.42. The van der Waals surface area contributed by atoms with Crippen LogP contribution in [0.25, 0.3) is 0 Å². The van der Waals surface area contributed by atoms with E-state index >= 15 is 0 Å². The molecule has 20 heavy (non-hydrogen) atoms. The number of hydrogen-bond donors (Lipinski definition) is 1. The van der Waals surface area contributed by atoms with Crippen LogP contribution < -0.4 is 10.1 Å². The maximum absolute atomic E-state index is 5.25. The van der Waals surface area contributed by atoms with Crippen LogP contribution in [0.2, 0.25) is 0 Å². The van der Waals surface area contributed by atoms with Crippen molar-refractivity contribution in [1.82, 2.24) is 10.3 Å². The zero-order chi connectivity index (χ0) is 14.4. The average molecular weight is 290 g/mol. The molecule has 0 amide bonds. The zero-order valence-electron chi connectivity index (χ0n) is 12.3. The second-order valence-corrected chi connectivity index (χ2v) is 6.01. The molecule has 0 saturated carbocycles. The largest absolute Gasteiger partial charge is 0.497 e. The van der Waals surface area contributed by atoms with Crippen LogP contribution in [0, 0.1) is 0 Å². The molecule has 3 nitrogen and oxygen atoms in total. The molecule has 0 aliphatic rings. The van der Waals surface area contributed by atoms with Crippen molar-refractivity contribution in [3.05, 3.63) is 45.9 Å². The first-order valence-corrected chi connectivity index (χ1v) is 7.85. The van der Waals surface area contributed by atoms with Gasteiger partial charge >= 0.3 is 0 Å². The Hall–Kier alpha value is -1.39. The molecular formula is C16H22N2OS. The molecule has 0 aliphatic heterocycles. The first-order valence-electron chi connectivity index (χ1n) is 7.03. The number of ether oxygens (including phenoxy) is 1. The van der Waals surface area contributed by atoms with Gasteiger partial charge in [-0.3, -0.25) is 0 Å². The monoisotopic (exact) mass is 290 g/mol. The minimum atomic E-state index is 0.381. The fourth-order valence-electron chi connectivity index (χ4n) is 2.02. The highest BCUT2D eigenvalue weighted by Gasteiger charge is 2.09. The summed E-state index contributed by atoms with van der Waals surface area (Å²) < 4.78 is 5.25. The molecule has 1 aromatic heterocycles. The Kier molecular flexibility index (Phi) is 5.56. The molecule has 1 N–H and O–H groups in total. The van der Waals surface area contributed by atoms with Crippen LogP contribution in [0.3, 0.4) is 0 Å². The second kappa shape index (κ2) is 7.41. The topological polar surface area (TPSA) is 34.2 Å². The molecule has 0 saturated heterocycles. The maximum Gasteiger partial charge on any atom is 0.119 e. The molecule has 4 heteroatoms. The SMILES string of the molecule is CCCNC(C)c1cnc(Cc2cccc(OC)c2)s1. The lowest BCUT2D eigenvalue weighted by atomic mass is 10.1. The molecule has 0 radical (unpaired) electrons. The minimum Gasteiger partial charge on any atom is -0.497 e. The normalized spacial score (nSPS) is 12.3. The molecule has 1 unspecified atom stereocenters. The van der Waals surface area contributed by atoms with E-state index in [1.807, 2.05) is 18.3 Å². The number of methoxy groups -OCH3 is 1. The quantitative estimate of drug-likeness (QED) is 0.842. The Morgan fingerprint density at radius 1 is 1.40 bits per heavy atom. The van der Waals surface area contributed by atoms with Crippen LogP contribution in [0.1, 0.15) is 41.8 Å². The van der Waals surface area contributed by atoms with Gasteiger partial charge in [0.1, 0.15) is 5.75 Å². The van der Waals surface area contributed by atoms with E-state index in [0.717, 1.165) is 30.1 Å². The van der Waals surface area contributed by atoms with Crippen LogP contribution in [0.15, 0.2) is 30.5 Å². The van der Waals surface area contributed by atoms with Gasteiger partial charge in [0.25, 0.3) is 0 Å². The number of thiazole rings is 1. The molecule has 0 aliphatic carbocycles. The van der Waals surface area contributed by atoms with Crippen LogP contribution in [-0.2, 0) is 6.42 Å². The lowest BCUT2D eigenvalue weighted by Gasteiger charge is -2.09. The highest BCUT2D eigenvalue weighted by molar-refractivity contribution is 7.11. The van der Waals surface area contributed by atoms with Gasteiger partial charge in [-0.2, -0.15) is 0 Å². The fourth-order valence-corrected chi connectivity index (χ4v) is 3.01. The van der Waals surface area contributed by atoms with Crippen molar-refractivity contribution in [3.63, 3.8) is 0 Å². The maximum atomic E-state index is 5.25. The molecule has 2 rings (SSSR count). The highest BCUT2D eigenvalue weighted by Crippen LogP contribution is 2.23. The van der Waals surface area contributed by atoms with E-state index in [-0.39, 0.29) is 0 Å². The summed E-state index contributed by atoms with van der Waals surface area (Å²) >= 11 is 1.79. The van der Waals surface area contributed by atoms with E-state index in [0.29, 0.717) is 6.04 Å². The van der Waals surface area contributed by atoms with E-state index in [9.17, 15) is 0 Å². The van der Waals surface area contributed by atoms with Crippen LogP contribution >= 0.6 is 11.3 Å². The van der Waals surface area contributed by atoms with Crippen LogP contribution in [0.5, 0.6) is 5.75 Å². The molecule has 2 aromatic rings. The third-order valence-electron chi connectivity index (χ3n) is 3.19. The van der Waals surface area contributed by atoms with Gasteiger partial charge in [0, 0.05) is 23.5 Å². The number of benzene rings is 1. The Balaban J connectivity index is 2.01. The van der Waals surface area contributed by atoms with Gasteiger partial charge < -0.3 is 10.1 Å².